The van der Waals surface area contributed by atoms with Gasteiger partial charge < -0.3 is 0 Å². The van der Waals surface area contributed by atoms with Gasteiger partial charge in [-0.05, 0) is 0 Å². The first-order chi connectivity index (χ1) is 2.00. The van der Waals surface area contributed by atoms with Crippen LogP contribution in [0.1, 0.15) is 0 Å². The van der Waals surface area contributed by atoms with Crippen molar-refractivity contribution in [1.82, 2.24) is 0 Å². The second kappa shape index (κ2) is 235. The van der Waals surface area contributed by atoms with Gasteiger partial charge >= 0.3 is 0 Å². The Labute approximate surface area is 55.9 Å². The molecule has 0 unspecified atom stereocenters. The molecular formula is C4H8Na. The smallest absolute Gasteiger partial charge is 0 e. The standard InChI is InChI=1S/2C2H4.Na/c2*1-2;/h2*1-2H2;. The summed E-state index contributed by atoms with van der Waals surface area (Å²) in [6.07, 6.45) is 0. The zero-order valence-electron chi connectivity index (χ0n) is 3.83. The van der Waals surface area contributed by atoms with Crippen molar-refractivity contribution in [1.29, 1.82) is 0 Å². The molecule has 0 saturated heterocycles. The third kappa shape index (κ3) is 120. The SMILES string of the molecule is C=C.C=C.[Na]. The van der Waals surface area contributed by atoms with Crippen molar-refractivity contribution in [2.45, 2.75) is 0 Å². The van der Waals surface area contributed by atoms with Crippen LogP contribution < -0.4 is 0 Å². The normalized spacial score (nSPS) is 1.60. The maximum atomic E-state index is 3.00. The van der Waals surface area contributed by atoms with E-state index in [1.807, 2.05) is 0 Å². The molecule has 0 spiro atoms. The summed E-state index contributed by atoms with van der Waals surface area (Å²) >= 11 is 0. The third-order valence-corrected chi connectivity index (χ3v) is 0. The van der Waals surface area contributed by atoms with E-state index in [-0.39, 0.29) is 29.6 Å². The minimum absolute atomic E-state index is 0. The van der Waals surface area contributed by atoms with Crippen LogP contribution in [0.15, 0.2) is 26.3 Å². The molecule has 0 N–H and O–H groups in total. The van der Waals surface area contributed by atoms with Gasteiger partial charge in [-0.3, -0.25) is 0 Å². The van der Waals surface area contributed by atoms with Crippen molar-refractivity contribution in [3.63, 3.8) is 0 Å². The van der Waals surface area contributed by atoms with Gasteiger partial charge in [-0.1, -0.05) is 0 Å². The molecule has 0 nitrogen and oxygen atoms in total. The monoisotopic (exact) mass is 79.1 g/mol. The number of hydrogen-bond acceptors (Lipinski definition) is 0. The van der Waals surface area contributed by atoms with E-state index < -0.39 is 0 Å². The average Bonchev–Trinajstić information content (AvgIpc) is 1.50. The molecule has 0 aliphatic carbocycles. The summed E-state index contributed by atoms with van der Waals surface area (Å²) in [6.45, 7) is 12.0. The Morgan fingerprint density at radius 3 is 0.600 bits per heavy atom. The van der Waals surface area contributed by atoms with Crippen LogP contribution in [0, 0.1) is 0 Å². The van der Waals surface area contributed by atoms with Crippen LogP contribution in [0.3, 0.4) is 0 Å². The van der Waals surface area contributed by atoms with Crippen LogP contribution in [-0.2, 0) is 0 Å². The topological polar surface area (TPSA) is 0 Å². The largest absolute Gasteiger partial charge is 0.106 e. The van der Waals surface area contributed by atoms with Crippen molar-refractivity contribution >= 4 is 29.6 Å². The molecule has 5 heavy (non-hydrogen) atoms. The summed E-state index contributed by atoms with van der Waals surface area (Å²) in [5.74, 6) is 0. The molecule has 0 aliphatic rings. The van der Waals surface area contributed by atoms with E-state index in [9.17, 15) is 0 Å². The first kappa shape index (κ1) is 17.9. The first-order valence-corrected chi connectivity index (χ1v) is 1.000. The molecule has 0 aromatic heterocycles. The van der Waals surface area contributed by atoms with E-state index in [0.29, 0.717) is 0 Å². The molecule has 0 aliphatic heterocycles. The summed E-state index contributed by atoms with van der Waals surface area (Å²) in [5.41, 5.74) is 0. The molecule has 0 bridgehead atoms. The van der Waals surface area contributed by atoms with Crippen molar-refractivity contribution < 1.29 is 0 Å². The van der Waals surface area contributed by atoms with E-state index in [0.717, 1.165) is 0 Å². The predicted octanol–water partition coefficient (Wildman–Crippen LogP) is 1.22. The van der Waals surface area contributed by atoms with Crippen LogP contribution in [0.5, 0.6) is 0 Å². The summed E-state index contributed by atoms with van der Waals surface area (Å²) < 4.78 is 0. The van der Waals surface area contributed by atoms with Crippen LogP contribution >= 0.6 is 0 Å². The van der Waals surface area contributed by atoms with Gasteiger partial charge in [0, 0.05) is 29.6 Å². The molecule has 0 aromatic carbocycles. The molecule has 0 amide bonds. The Hall–Kier alpha value is 0.480. The summed E-state index contributed by atoms with van der Waals surface area (Å²) in [7, 11) is 0. The van der Waals surface area contributed by atoms with Gasteiger partial charge in [0.15, 0.2) is 0 Å². The van der Waals surface area contributed by atoms with Crippen LogP contribution in [0.2, 0.25) is 0 Å². The van der Waals surface area contributed by atoms with Gasteiger partial charge in [0.1, 0.15) is 0 Å². The zero-order chi connectivity index (χ0) is 4.00. The zero-order valence-corrected chi connectivity index (χ0v) is 5.83. The molecule has 0 aromatic rings. The molecular weight excluding hydrogens is 71.0 g/mol. The van der Waals surface area contributed by atoms with Gasteiger partial charge in [-0.15, -0.1) is 26.3 Å². The Balaban J connectivity index is -0.0000000133. The second-order valence-corrected chi connectivity index (χ2v) is 0. The quantitative estimate of drug-likeness (QED) is 0.302. The van der Waals surface area contributed by atoms with Crippen molar-refractivity contribution in [2.24, 2.45) is 0 Å². The van der Waals surface area contributed by atoms with Crippen molar-refractivity contribution in [2.75, 3.05) is 0 Å². The Kier molecular flexibility index (Phi) is 842. The molecule has 0 atom stereocenters. The summed E-state index contributed by atoms with van der Waals surface area (Å²) in [4.78, 5) is 0. The van der Waals surface area contributed by atoms with Gasteiger partial charge in [0.2, 0.25) is 0 Å². The Morgan fingerprint density at radius 2 is 0.600 bits per heavy atom. The fourth-order valence-corrected chi connectivity index (χ4v) is 0. The molecule has 0 fully saturated rings. The predicted molar refractivity (Wildman–Crippen MR) is 28.3 cm³/mol. The molecule has 0 heterocycles. The first-order valence-electron chi connectivity index (χ1n) is 1.000. The fourth-order valence-electron chi connectivity index (χ4n) is 0. The second-order valence-electron chi connectivity index (χ2n) is 0. The van der Waals surface area contributed by atoms with Crippen LogP contribution in [0.4, 0.5) is 0 Å². The Morgan fingerprint density at radius 1 is 0.600 bits per heavy atom. The van der Waals surface area contributed by atoms with E-state index in [4.69, 9.17) is 0 Å². The van der Waals surface area contributed by atoms with Crippen molar-refractivity contribution in [3.05, 3.63) is 26.3 Å². The molecule has 1 heteroatoms. The average molecular weight is 79.1 g/mol. The Bertz CT molecular complexity index is 5.61. The minimum Gasteiger partial charge on any atom is -0.106 e. The number of rotatable bonds is 0. The maximum Gasteiger partial charge on any atom is 0 e. The van der Waals surface area contributed by atoms with Crippen LogP contribution in [0.25, 0.3) is 0 Å². The van der Waals surface area contributed by atoms with Gasteiger partial charge in [-0.2, -0.15) is 0 Å². The van der Waals surface area contributed by atoms with Gasteiger partial charge in [-0.25, -0.2) is 0 Å². The van der Waals surface area contributed by atoms with E-state index in [1.165, 1.54) is 0 Å². The third-order valence-electron chi connectivity index (χ3n) is 0. The van der Waals surface area contributed by atoms with E-state index >= 15 is 0 Å². The van der Waals surface area contributed by atoms with Crippen LogP contribution in [-0.4, -0.2) is 29.6 Å². The molecule has 0 saturated carbocycles. The summed E-state index contributed by atoms with van der Waals surface area (Å²) in [6, 6.07) is 0. The van der Waals surface area contributed by atoms with E-state index in [2.05, 4.69) is 26.3 Å². The summed E-state index contributed by atoms with van der Waals surface area (Å²) in [5, 5.41) is 0. The maximum absolute atomic E-state index is 3.00. The van der Waals surface area contributed by atoms with Gasteiger partial charge in [0.05, 0.1) is 0 Å². The molecule has 25 valence electrons. The molecule has 0 rings (SSSR count). The van der Waals surface area contributed by atoms with Crippen molar-refractivity contribution in [3.8, 4) is 0 Å². The van der Waals surface area contributed by atoms with E-state index in [1.54, 1.807) is 0 Å². The fraction of sp³-hybridized carbons (Fsp3) is 0. The molecule has 1 radical (unpaired) electrons. The van der Waals surface area contributed by atoms with Gasteiger partial charge in [0.25, 0.3) is 0 Å². The number of hydrogen-bond donors (Lipinski definition) is 0. The minimum atomic E-state index is 0.